The van der Waals surface area contributed by atoms with Gasteiger partial charge in [0.05, 0.1) is 0 Å². The van der Waals surface area contributed by atoms with E-state index in [0.29, 0.717) is 17.0 Å². The molecular formula is C16H10IN3O. The summed E-state index contributed by atoms with van der Waals surface area (Å²) in [6.07, 6.45) is 1.60. The number of para-hydroxylation sites is 2. The quantitative estimate of drug-likeness (QED) is 0.534. The molecule has 1 heterocycles. The molecule has 0 fully saturated rings. The molecular weight excluding hydrogens is 377 g/mol. The van der Waals surface area contributed by atoms with Gasteiger partial charge in [0, 0.05) is 15.5 Å². The predicted molar refractivity (Wildman–Crippen MR) is 90.4 cm³/mol. The van der Waals surface area contributed by atoms with Crippen molar-refractivity contribution in [1.29, 1.82) is 5.26 Å². The molecule has 0 radical (unpaired) electrons. The maximum Gasteiger partial charge on any atom is 0.239 e. The molecule has 2 aromatic carbocycles. The molecule has 0 amide bonds. The van der Waals surface area contributed by atoms with Gasteiger partial charge in [0.1, 0.15) is 17.2 Å². The van der Waals surface area contributed by atoms with Crippen LogP contribution in [0.1, 0.15) is 5.89 Å². The first kappa shape index (κ1) is 13.6. The SMILES string of the molecule is N#CC(=CNc1ccc(I)cc1)c1nc2ccccc2o1. The van der Waals surface area contributed by atoms with Gasteiger partial charge in [0.2, 0.25) is 5.89 Å². The van der Waals surface area contributed by atoms with Crippen molar-refractivity contribution >= 4 is 45.0 Å². The zero-order valence-corrected chi connectivity index (χ0v) is 13.0. The number of hydrogen-bond donors (Lipinski definition) is 1. The van der Waals surface area contributed by atoms with E-state index in [1.165, 1.54) is 0 Å². The van der Waals surface area contributed by atoms with E-state index >= 15 is 0 Å². The summed E-state index contributed by atoms with van der Waals surface area (Å²) in [5.74, 6) is 0.316. The molecule has 1 aromatic heterocycles. The van der Waals surface area contributed by atoms with E-state index in [4.69, 9.17) is 4.42 Å². The van der Waals surface area contributed by atoms with Gasteiger partial charge in [-0.25, -0.2) is 4.98 Å². The number of benzene rings is 2. The van der Waals surface area contributed by atoms with Crippen LogP contribution in [0.4, 0.5) is 5.69 Å². The van der Waals surface area contributed by atoms with Crippen LogP contribution in [0.2, 0.25) is 0 Å². The maximum absolute atomic E-state index is 9.27. The van der Waals surface area contributed by atoms with Gasteiger partial charge in [0.25, 0.3) is 0 Å². The van der Waals surface area contributed by atoms with Crippen LogP contribution < -0.4 is 5.32 Å². The average molecular weight is 387 g/mol. The van der Waals surface area contributed by atoms with E-state index in [9.17, 15) is 5.26 Å². The summed E-state index contributed by atoms with van der Waals surface area (Å²) in [5.41, 5.74) is 2.66. The van der Waals surface area contributed by atoms with Crippen LogP contribution in [0.15, 0.2) is 59.1 Å². The summed E-state index contributed by atoms with van der Waals surface area (Å²) in [6.45, 7) is 0. The highest BCUT2D eigenvalue weighted by Gasteiger charge is 2.09. The van der Waals surface area contributed by atoms with E-state index in [0.717, 1.165) is 14.8 Å². The zero-order valence-electron chi connectivity index (χ0n) is 10.9. The lowest BCUT2D eigenvalue weighted by Gasteiger charge is -2.00. The molecule has 0 bridgehead atoms. The van der Waals surface area contributed by atoms with Crippen LogP contribution in [0.25, 0.3) is 16.7 Å². The Kier molecular flexibility index (Phi) is 3.88. The third kappa shape index (κ3) is 3.06. The van der Waals surface area contributed by atoms with Crippen molar-refractivity contribution in [3.05, 3.63) is 64.2 Å². The fourth-order valence-electron chi connectivity index (χ4n) is 1.83. The van der Waals surface area contributed by atoms with Gasteiger partial charge < -0.3 is 9.73 Å². The Morgan fingerprint density at radius 3 is 2.67 bits per heavy atom. The lowest BCUT2D eigenvalue weighted by molar-refractivity contribution is 0.586. The van der Waals surface area contributed by atoms with Crippen LogP contribution in [0, 0.1) is 14.9 Å². The Labute approximate surface area is 135 Å². The molecule has 0 aliphatic heterocycles. The van der Waals surface area contributed by atoms with Crippen molar-refractivity contribution in [1.82, 2.24) is 4.98 Å². The third-order valence-electron chi connectivity index (χ3n) is 2.87. The molecule has 0 unspecified atom stereocenters. The molecule has 0 atom stereocenters. The Balaban J connectivity index is 1.89. The molecule has 102 valence electrons. The minimum atomic E-state index is 0.316. The van der Waals surface area contributed by atoms with E-state index in [2.05, 4.69) is 39.0 Å². The number of aromatic nitrogens is 1. The summed E-state index contributed by atoms with van der Waals surface area (Å²) in [4.78, 5) is 4.31. The van der Waals surface area contributed by atoms with Crippen molar-refractivity contribution in [2.24, 2.45) is 0 Å². The number of halogens is 1. The Hall–Kier alpha value is -2.33. The largest absolute Gasteiger partial charge is 0.435 e. The molecule has 0 aliphatic carbocycles. The number of allylic oxidation sites excluding steroid dienone is 1. The topological polar surface area (TPSA) is 61.9 Å². The Morgan fingerprint density at radius 2 is 1.95 bits per heavy atom. The van der Waals surface area contributed by atoms with Crippen molar-refractivity contribution in [3.8, 4) is 6.07 Å². The molecule has 21 heavy (non-hydrogen) atoms. The highest BCUT2D eigenvalue weighted by Crippen LogP contribution is 2.20. The van der Waals surface area contributed by atoms with E-state index in [1.54, 1.807) is 6.20 Å². The summed E-state index contributed by atoms with van der Waals surface area (Å²) in [6, 6.07) is 17.4. The van der Waals surface area contributed by atoms with Gasteiger partial charge in [-0.1, -0.05) is 12.1 Å². The molecule has 0 aliphatic rings. The number of rotatable bonds is 3. The van der Waals surface area contributed by atoms with Gasteiger partial charge in [0.15, 0.2) is 5.58 Å². The monoisotopic (exact) mass is 387 g/mol. The van der Waals surface area contributed by atoms with Gasteiger partial charge >= 0.3 is 0 Å². The van der Waals surface area contributed by atoms with Crippen LogP contribution in [0.5, 0.6) is 0 Å². The van der Waals surface area contributed by atoms with Gasteiger partial charge in [-0.2, -0.15) is 5.26 Å². The number of nitriles is 1. The number of nitrogens with one attached hydrogen (secondary N) is 1. The molecule has 3 rings (SSSR count). The minimum absolute atomic E-state index is 0.316. The van der Waals surface area contributed by atoms with Crippen molar-refractivity contribution < 1.29 is 4.42 Å². The molecule has 4 nitrogen and oxygen atoms in total. The lowest BCUT2D eigenvalue weighted by Crippen LogP contribution is -1.91. The second-order valence-corrected chi connectivity index (χ2v) is 5.55. The first-order chi connectivity index (χ1) is 10.3. The maximum atomic E-state index is 9.27. The van der Waals surface area contributed by atoms with Crippen molar-refractivity contribution in [3.63, 3.8) is 0 Å². The minimum Gasteiger partial charge on any atom is -0.435 e. The lowest BCUT2D eigenvalue weighted by atomic mass is 10.3. The summed E-state index contributed by atoms with van der Waals surface area (Å²) in [5, 5.41) is 12.3. The normalized spacial score (nSPS) is 11.3. The first-order valence-corrected chi connectivity index (χ1v) is 7.32. The van der Waals surface area contributed by atoms with Gasteiger partial charge in [-0.3, -0.25) is 0 Å². The van der Waals surface area contributed by atoms with E-state index in [-0.39, 0.29) is 0 Å². The third-order valence-corrected chi connectivity index (χ3v) is 3.59. The molecule has 5 heteroatoms. The molecule has 3 aromatic rings. The Bertz CT molecular complexity index is 811. The van der Waals surface area contributed by atoms with Crippen LogP contribution in [-0.2, 0) is 0 Å². The number of hydrogen-bond acceptors (Lipinski definition) is 4. The molecule has 0 saturated carbocycles. The highest BCUT2D eigenvalue weighted by molar-refractivity contribution is 14.1. The van der Waals surface area contributed by atoms with Crippen LogP contribution in [0.3, 0.4) is 0 Å². The van der Waals surface area contributed by atoms with E-state index < -0.39 is 0 Å². The molecule has 0 saturated heterocycles. The smallest absolute Gasteiger partial charge is 0.239 e. The summed E-state index contributed by atoms with van der Waals surface area (Å²) >= 11 is 2.24. The number of anilines is 1. The van der Waals surface area contributed by atoms with Crippen molar-refractivity contribution in [2.75, 3.05) is 5.32 Å². The molecule has 0 spiro atoms. The first-order valence-electron chi connectivity index (χ1n) is 6.24. The van der Waals surface area contributed by atoms with Crippen molar-refractivity contribution in [2.45, 2.75) is 0 Å². The van der Waals surface area contributed by atoms with E-state index in [1.807, 2.05) is 48.5 Å². The second-order valence-electron chi connectivity index (χ2n) is 4.31. The number of fused-ring (bicyclic) bond motifs is 1. The van der Waals surface area contributed by atoms with Gasteiger partial charge in [-0.15, -0.1) is 0 Å². The Morgan fingerprint density at radius 1 is 1.19 bits per heavy atom. The van der Waals surface area contributed by atoms with Crippen LogP contribution >= 0.6 is 22.6 Å². The predicted octanol–water partition coefficient (Wildman–Crippen LogP) is 4.41. The van der Waals surface area contributed by atoms with Gasteiger partial charge in [-0.05, 0) is 59.0 Å². The standard InChI is InChI=1S/C16H10IN3O/c17-12-5-7-13(8-6-12)19-10-11(9-18)16-20-14-3-1-2-4-15(14)21-16/h1-8,10,19H. The fourth-order valence-corrected chi connectivity index (χ4v) is 2.19. The number of oxazole rings is 1. The fraction of sp³-hybridized carbons (Fsp3) is 0. The highest BCUT2D eigenvalue weighted by atomic mass is 127. The average Bonchev–Trinajstić information content (AvgIpc) is 2.93. The second kappa shape index (κ2) is 5.97. The molecule has 1 N–H and O–H groups in total. The summed E-state index contributed by atoms with van der Waals surface area (Å²) < 4.78 is 6.74. The van der Waals surface area contributed by atoms with Crippen LogP contribution in [-0.4, -0.2) is 4.98 Å². The summed E-state index contributed by atoms with van der Waals surface area (Å²) in [7, 11) is 0. The zero-order chi connectivity index (χ0) is 14.7. The number of nitrogens with zero attached hydrogens (tertiary/aromatic N) is 2.